The molecule has 1 unspecified atom stereocenters. The molecule has 2 aromatic carbocycles. The molecule has 1 atom stereocenters. The van der Waals surface area contributed by atoms with Gasteiger partial charge in [-0.1, -0.05) is 42.5 Å². The summed E-state index contributed by atoms with van der Waals surface area (Å²) in [6, 6.07) is 21.9. The summed E-state index contributed by atoms with van der Waals surface area (Å²) in [6.07, 6.45) is 2.08. The van der Waals surface area contributed by atoms with Crippen molar-refractivity contribution in [3.63, 3.8) is 0 Å². The van der Waals surface area contributed by atoms with Crippen LogP contribution in [0.15, 0.2) is 82.1 Å². The summed E-state index contributed by atoms with van der Waals surface area (Å²) in [6.45, 7) is 2.90. The van der Waals surface area contributed by atoms with Crippen molar-refractivity contribution in [3.05, 3.63) is 94.7 Å². The molecule has 1 amide bonds. The number of nitrogens with one attached hydrogen (secondary N) is 1. The lowest BCUT2D eigenvalue weighted by molar-refractivity contribution is -0.122. The second-order valence-corrected chi connectivity index (χ2v) is 7.92. The molecule has 1 aliphatic rings. The van der Waals surface area contributed by atoms with Gasteiger partial charge in [0.1, 0.15) is 6.54 Å². The molecular formula is C24H24N4O3. The molecule has 0 aliphatic carbocycles. The fourth-order valence-corrected chi connectivity index (χ4v) is 4.24. The largest absolute Gasteiger partial charge is 0.420 e. The van der Waals surface area contributed by atoms with Gasteiger partial charge in [-0.15, -0.1) is 0 Å². The lowest BCUT2D eigenvalue weighted by Crippen LogP contribution is -2.49. The predicted octanol–water partition coefficient (Wildman–Crippen LogP) is 2.60. The van der Waals surface area contributed by atoms with E-state index in [9.17, 15) is 9.59 Å². The summed E-state index contributed by atoms with van der Waals surface area (Å²) < 4.78 is 8.84. The minimum absolute atomic E-state index is 0.0595. The highest BCUT2D eigenvalue weighted by atomic mass is 16.4. The molecule has 1 aliphatic heterocycles. The number of amides is 1. The number of benzene rings is 2. The lowest BCUT2D eigenvalue weighted by atomic mass is 10.1. The number of oxazole rings is 1. The molecule has 0 radical (unpaired) electrons. The predicted molar refractivity (Wildman–Crippen MR) is 117 cm³/mol. The van der Waals surface area contributed by atoms with Crippen LogP contribution < -0.4 is 11.1 Å². The average Bonchev–Trinajstić information content (AvgIpc) is 3.36. The third kappa shape index (κ3) is 4.04. The van der Waals surface area contributed by atoms with E-state index in [0.717, 1.165) is 19.6 Å². The summed E-state index contributed by atoms with van der Waals surface area (Å²) >= 11 is 0. The van der Waals surface area contributed by atoms with E-state index in [2.05, 4.69) is 45.2 Å². The summed E-state index contributed by atoms with van der Waals surface area (Å²) in [5.74, 6) is -0.719. The van der Waals surface area contributed by atoms with Crippen molar-refractivity contribution in [2.24, 2.45) is 0 Å². The quantitative estimate of drug-likeness (QED) is 0.525. The van der Waals surface area contributed by atoms with E-state index in [1.54, 1.807) is 18.2 Å². The zero-order chi connectivity index (χ0) is 21.2. The Morgan fingerprint density at radius 2 is 1.84 bits per heavy atom. The number of para-hydroxylation sites is 2. The lowest BCUT2D eigenvalue weighted by Gasteiger charge is -2.37. The molecule has 4 aromatic rings. The Morgan fingerprint density at radius 1 is 1.03 bits per heavy atom. The Labute approximate surface area is 179 Å². The minimum atomic E-state index is -0.517. The third-order valence-corrected chi connectivity index (χ3v) is 5.85. The summed E-state index contributed by atoms with van der Waals surface area (Å²) in [5.41, 5.74) is 3.63. The maximum Gasteiger partial charge on any atom is 0.420 e. The molecular weight excluding hydrogens is 392 g/mol. The maximum atomic E-state index is 12.7. The van der Waals surface area contributed by atoms with E-state index < -0.39 is 5.76 Å². The van der Waals surface area contributed by atoms with Gasteiger partial charge in [-0.25, -0.2) is 4.79 Å². The highest BCUT2D eigenvalue weighted by Crippen LogP contribution is 2.20. The first-order chi connectivity index (χ1) is 15.2. The molecule has 2 aromatic heterocycles. The Hall–Kier alpha value is -3.58. The molecule has 0 saturated carbocycles. The van der Waals surface area contributed by atoms with Gasteiger partial charge in [-0.2, -0.15) is 0 Å². The number of nitrogens with zero attached hydrogens (tertiary/aromatic N) is 3. The first kappa shape index (κ1) is 19.4. The van der Waals surface area contributed by atoms with Crippen molar-refractivity contribution in [3.8, 4) is 0 Å². The van der Waals surface area contributed by atoms with E-state index in [-0.39, 0.29) is 18.5 Å². The van der Waals surface area contributed by atoms with Crippen molar-refractivity contribution >= 4 is 17.0 Å². The second-order valence-electron chi connectivity index (χ2n) is 7.92. The Kier molecular flexibility index (Phi) is 5.18. The van der Waals surface area contributed by atoms with Gasteiger partial charge < -0.3 is 14.3 Å². The van der Waals surface area contributed by atoms with Crippen LogP contribution in [-0.4, -0.2) is 32.5 Å². The van der Waals surface area contributed by atoms with Gasteiger partial charge in [-0.05, 0) is 29.8 Å². The fraction of sp³-hybridized carbons (Fsp3) is 0.250. The van der Waals surface area contributed by atoms with Crippen LogP contribution in [0.4, 0.5) is 0 Å². The fourth-order valence-electron chi connectivity index (χ4n) is 4.24. The van der Waals surface area contributed by atoms with Gasteiger partial charge in [0.05, 0.1) is 5.52 Å². The first-order valence-electron chi connectivity index (χ1n) is 10.4. The maximum absolute atomic E-state index is 12.7. The Balaban J connectivity index is 1.28. The van der Waals surface area contributed by atoms with Crippen molar-refractivity contribution in [2.45, 2.75) is 32.2 Å². The summed E-state index contributed by atoms with van der Waals surface area (Å²) in [5, 5.41) is 3.03. The highest BCUT2D eigenvalue weighted by Gasteiger charge is 2.26. The Morgan fingerprint density at radius 3 is 2.71 bits per heavy atom. The van der Waals surface area contributed by atoms with Gasteiger partial charge in [-0.3, -0.25) is 14.3 Å². The molecule has 0 saturated heterocycles. The van der Waals surface area contributed by atoms with Crippen molar-refractivity contribution in [1.82, 2.24) is 19.4 Å². The second kappa shape index (κ2) is 8.28. The van der Waals surface area contributed by atoms with Crippen molar-refractivity contribution in [2.75, 3.05) is 6.54 Å². The molecule has 158 valence electrons. The zero-order valence-corrected chi connectivity index (χ0v) is 17.1. The number of aromatic nitrogens is 2. The normalized spacial score (nSPS) is 16.3. The molecule has 5 rings (SSSR count). The number of carbonyl (C=O) groups is 1. The topological polar surface area (TPSA) is 72.4 Å². The standard InChI is InChI=1S/C24H24N4O3/c29-23(17-28-21-10-4-5-11-22(21)31-24(28)30)25-13-20-16-26-12-6-9-19(26)15-27(20)14-18-7-2-1-3-8-18/h1-12,20H,13-17H2,(H,25,29). The monoisotopic (exact) mass is 416 g/mol. The molecule has 7 heteroatoms. The van der Waals surface area contributed by atoms with Gasteiger partial charge in [0.2, 0.25) is 5.91 Å². The number of hydrogen-bond acceptors (Lipinski definition) is 4. The Bertz CT molecular complexity index is 1250. The van der Waals surface area contributed by atoms with Crippen LogP contribution in [-0.2, 0) is 31.0 Å². The zero-order valence-electron chi connectivity index (χ0n) is 17.1. The average molecular weight is 416 g/mol. The smallest absolute Gasteiger partial charge is 0.408 e. The molecule has 7 nitrogen and oxygen atoms in total. The van der Waals surface area contributed by atoms with Crippen LogP contribution in [0, 0.1) is 0 Å². The molecule has 0 spiro atoms. The number of rotatable bonds is 6. The van der Waals surface area contributed by atoms with E-state index in [1.807, 2.05) is 24.3 Å². The van der Waals surface area contributed by atoms with Crippen LogP contribution >= 0.6 is 0 Å². The molecule has 0 fully saturated rings. The van der Waals surface area contributed by atoms with Crippen molar-refractivity contribution in [1.29, 1.82) is 0 Å². The van der Waals surface area contributed by atoms with Crippen LogP contribution in [0.2, 0.25) is 0 Å². The van der Waals surface area contributed by atoms with Crippen LogP contribution in [0.25, 0.3) is 11.1 Å². The summed E-state index contributed by atoms with van der Waals surface area (Å²) in [7, 11) is 0. The minimum Gasteiger partial charge on any atom is -0.408 e. The van der Waals surface area contributed by atoms with Crippen LogP contribution in [0.3, 0.4) is 0 Å². The van der Waals surface area contributed by atoms with E-state index in [0.29, 0.717) is 17.6 Å². The molecule has 1 N–H and O–H groups in total. The van der Waals surface area contributed by atoms with Gasteiger partial charge >= 0.3 is 5.76 Å². The van der Waals surface area contributed by atoms with E-state index >= 15 is 0 Å². The van der Waals surface area contributed by atoms with Crippen molar-refractivity contribution < 1.29 is 9.21 Å². The number of hydrogen-bond donors (Lipinski definition) is 1. The van der Waals surface area contributed by atoms with E-state index in [4.69, 9.17) is 4.42 Å². The van der Waals surface area contributed by atoms with Gasteiger partial charge in [0, 0.05) is 44.1 Å². The number of fused-ring (bicyclic) bond motifs is 2. The first-order valence-corrected chi connectivity index (χ1v) is 10.4. The number of carbonyl (C=O) groups excluding carboxylic acids is 1. The summed E-state index contributed by atoms with van der Waals surface area (Å²) in [4.78, 5) is 27.2. The van der Waals surface area contributed by atoms with E-state index in [1.165, 1.54) is 15.8 Å². The van der Waals surface area contributed by atoms with Gasteiger partial charge in [0.15, 0.2) is 5.58 Å². The third-order valence-electron chi connectivity index (χ3n) is 5.85. The van der Waals surface area contributed by atoms with Crippen LogP contribution in [0.5, 0.6) is 0 Å². The van der Waals surface area contributed by atoms with Crippen LogP contribution in [0.1, 0.15) is 11.3 Å². The highest BCUT2D eigenvalue weighted by molar-refractivity contribution is 5.79. The molecule has 0 bridgehead atoms. The van der Waals surface area contributed by atoms with Gasteiger partial charge in [0.25, 0.3) is 0 Å². The molecule has 3 heterocycles. The molecule has 31 heavy (non-hydrogen) atoms. The SMILES string of the molecule is O=C(Cn1c(=O)oc2ccccc21)NCC1Cn2cccc2CN1Cc1ccccc1.